The highest BCUT2D eigenvalue weighted by Crippen LogP contribution is 2.32. The molecule has 1 aliphatic heterocycles. The van der Waals surface area contributed by atoms with Crippen LogP contribution in [0.5, 0.6) is 0 Å². The Morgan fingerprint density at radius 1 is 0.769 bits per heavy atom. The van der Waals surface area contributed by atoms with Crippen LogP contribution in [-0.2, 0) is 27.4 Å². The zero-order valence-electron chi connectivity index (χ0n) is 16.0. The third kappa shape index (κ3) is 4.73. The quantitative estimate of drug-likeness (QED) is 0.701. The van der Waals surface area contributed by atoms with Crippen LogP contribution < -0.4 is 0 Å². The third-order valence-corrected chi connectivity index (χ3v) is 5.31. The van der Waals surface area contributed by atoms with Crippen molar-refractivity contribution in [3.05, 3.63) is 71.8 Å². The van der Waals surface area contributed by atoms with Gasteiger partial charge in [0.05, 0.1) is 31.5 Å². The van der Waals surface area contributed by atoms with Crippen LogP contribution in [0.2, 0.25) is 0 Å². The summed E-state index contributed by atoms with van der Waals surface area (Å²) in [6, 6.07) is 20.6. The van der Waals surface area contributed by atoms with E-state index in [-0.39, 0.29) is 30.3 Å². The number of hydrogen-bond donors (Lipinski definition) is 0. The van der Waals surface area contributed by atoms with Crippen molar-refractivity contribution < 1.29 is 14.2 Å². The van der Waals surface area contributed by atoms with E-state index >= 15 is 0 Å². The van der Waals surface area contributed by atoms with Gasteiger partial charge in [0.2, 0.25) is 0 Å². The Labute approximate surface area is 157 Å². The number of ether oxygens (including phenoxy) is 3. The molecule has 0 aliphatic carbocycles. The predicted octanol–water partition coefficient (Wildman–Crippen LogP) is 4.99. The summed E-state index contributed by atoms with van der Waals surface area (Å²) in [4.78, 5) is 0. The highest BCUT2D eigenvalue weighted by molar-refractivity contribution is 5.14. The van der Waals surface area contributed by atoms with Crippen LogP contribution in [0.4, 0.5) is 0 Å². The first kappa shape index (κ1) is 19.1. The lowest BCUT2D eigenvalue weighted by Gasteiger charge is -2.44. The zero-order chi connectivity index (χ0) is 18.4. The highest BCUT2D eigenvalue weighted by Gasteiger charge is 2.42. The summed E-state index contributed by atoms with van der Waals surface area (Å²) in [6.45, 7) is 7.67. The molecule has 2 aromatic rings. The average molecular weight is 354 g/mol. The standard InChI is InChI=1S/C23H30O3/c1-4-21-23(25-16-20-13-9-6-10-14-20)22(17(2)18(3)26-21)24-15-19-11-7-5-8-12-19/h5-14,17-18,21-23H,4,15-16H2,1-3H3/t17-,18+,21?,22?,23-/m0/s1. The summed E-state index contributed by atoms with van der Waals surface area (Å²) in [5, 5.41) is 0. The van der Waals surface area contributed by atoms with E-state index < -0.39 is 0 Å². The fourth-order valence-corrected chi connectivity index (χ4v) is 3.57. The van der Waals surface area contributed by atoms with Crippen LogP contribution >= 0.6 is 0 Å². The van der Waals surface area contributed by atoms with E-state index in [1.165, 1.54) is 11.1 Å². The Morgan fingerprint density at radius 2 is 1.27 bits per heavy atom. The first-order valence-electron chi connectivity index (χ1n) is 9.65. The van der Waals surface area contributed by atoms with Crippen LogP contribution in [0.1, 0.15) is 38.3 Å². The minimum absolute atomic E-state index is 0.0209. The van der Waals surface area contributed by atoms with Crippen molar-refractivity contribution in [1.29, 1.82) is 0 Å². The lowest BCUT2D eigenvalue weighted by atomic mass is 9.87. The molecule has 1 aliphatic rings. The molecule has 0 spiro atoms. The summed E-state index contributed by atoms with van der Waals surface area (Å²) in [5.74, 6) is 0.280. The van der Waals surface area contributed by atoms with Gasteiger partial charge in [-0.2, -0.15) is 0 Å². The molecule has 0 saturated carbocycles. The first-order valence-corrected chi connectivity index (χ1v) is 9.65. The van der Waals surface area contributed by atoms with E-state index in [4.69, 9.17) is 14.2 Å². The second-order valence-electron chi connectivity index (χ2n) is 7.17. The van der Waals surface area contributed by atoms with Crippen LogP contribution in [0, 0.1) is 5.92 Å². The maximum atomic E-state index is 6.38. The molecule has 0 bridgehead atoms. The second kappa shape index (κ2) is 9.31. The largest absolute Gasteiger partial charge is 0.372 e. The summed E-state index contributed by atoms with van der Waals surface area (Å²) in [7, 11) is 0. The Balaban J connectivity index is 1.71. The SMILES string of the molecule is CCC1O[C@H](C)[C@H](C)C(OCc2ccccc2)[C@H]1OCc1ccccc1. The lowest BCUT2D eigenvalue weighted by Crippen LogP contribution is -2.54. The Bertz CT molecular complexity index is 600. The van der Waals surface area contributed by atoms with E-state index in [1.807, 2.05) is 36.4 Å². The minimum Gasteiger partial charge on any atom is -0.372 e. The Hall–Kier alpha value is -1.68. The van der Waals surface area contributed by atoms with E-state index in [2.05, 4.69) is 45.0 Å². The third-order valence-electron chi connectivity index (χ3n) is 5.31. The molecule has 3 nitrogen and oxygen atoms in total. The van der Waals surface area contributed by atoms with Crippen molar-refractivity contribution in [2.45, 2.75) is 64.8 Å². The van der Waals surface area contributed by atoms with E-state index in [9.17, 15) is 0 Å². The fraction of sp³-hybridized carbons (Fsp3) is 0.478. The van der Waals surface area contributed by atoms with Gasteiger partial charge >= 0.3 is 0 Å². The van der Waals surface area contributed by atoms with Crippen molar-refractivity contribution >= 4 is 0 Å². The lowest BCUT2D eigenvalue weighted by molar-refractivity contribution is -0.228. The van der Waals surface area contributed by atoms with Gasteiger partial charge < -0.3 is 14.2 Å². The number of hydrogen-bond acceptors (Lipinski definition) is 3. The zero-order valence-corrected chi connectivity index (χ0v) is 16.0. The van der Waals surface area contributed by atoms with E-state index in [0.717, 1.165) is 6.42 Å². The van der Waals surface area contributed by atoms with E-state index in [1.54, 1.807) is 0 Å². The Morgan fingerprint density at radius 3 is 1.77 bits per heavy atom. The predicted molar refractivity (Wildman–Crippen MR) is 104 cm³/mol. The normalized spacial score (nSPS) is 28.8. The number of benzene rings is 2. The molecule has 1 heterocycles. The first-order chi connectivity index (χ1) is 12.7. The maximum Gasteiger partial charge on any atom is 0.111 e. The van der Waals surface area contributed by atoms with Gasteiger partial charge in [-0.15, -0.1) is 0 Å². The van der Waals surface area contributed by atoms with Gasteiger partial charge in [-0.3, -0.25) is 0 Å². The molecule has 0 aromatic heterocycles. The van der Waals surface area contributed by atoms with Crippen molar-refractivity contribution in [2.75, 3.05) is 0 Å². The van der Waals surface area contributed by atoms with Crippen LogP contribution in [0.3, 0.4) is 0 Å². The van der Waals surface area contributed by atoms with Gasteiger partial charge in [0, 0.05) is 5.92 Å². The molecule has 0 amide bonds. The van der Waals surface area contributed by atoms with Crippen molar-refractivity contribution in [2.24, 2.45) is 5.92 Å². The summed E-state index contributed by atoms with van der Waals surface area (Å²) in [5.41, 5.74) is 2.36. The molecule has 26 heavy (non-hydrogen) atoms. The number of rotatable bonds is 7. The van der Waals surface area contributed by atoms with Crippen molar-refractivity contribution in [3.63, 3.8) is 0 Å². The van der Waals surface area contributed by atoms with Gasteiger partial charge in [-0.1, -0.05) is 74.5 Å². The molecule has 1 saturated heterocycles. The van der Waals surface area contributed by atoms with E-state index in [0.29, 0.717) is 13.2 Å². The summed E-state index contributed by atoms with van der Waals surface area (Å²) < 4.78 is 18.9. The summed E-state index contributed by atoms with van der Waals surface area (Å²) >= 11 is 0. The minimum atomic E-state index is -0.0601. The molecule has 3 heteroatoms. The van der Waals surface area contributed by atoms with Crippen LogP contribution in [0.25, 0.3) is 0 Å². The molecular weight excluding hydrogens is 324 g/mol. The molecule has 2 unspecified atom stereocenters. The van der Waals surface area contributed by atoms with Crippen LogP contribution in [0.15, 0.2) is 60.7 Å². The maximum absolute atomic E-state index is 6.38. The second-order valence-corrected chi connectivity index (χ2v) is 7.17. The molecule has 0 radical (unpaired) electrons. The molecule has 2 aromatic carbocycles. The van der Waals surface area contributed by atoms with Gasteiger partial charge in [-0.05, 0) is 24.5 Å². The fourth-order valence-electron chi connectivity index (χ4n) is 3.57. The van der Waals surface area contributed by atoms with Gasteiger partial charge in [0.1, 0.15) is 6.10 Å². The summed E-state index contributed by atoms with van der Waals surface area (Å²) in [6.07, 6.45) is 1.10. The smallest absolute Gasteiger partial charge is 0.111 e. The molecule has 140 valence electrons. The molecule has 5 atom stereocenters. The topological polar surface area (TPSA) is 27.7 Å². The van der Waals surface area contributed by atoms with Gasteiger partial charge in [0.15, 0.2) is 0 Å². The molecule has 3 rings (SSSR count). The van der Waals surface area contributed by atoms with Crippen molar-refractivity contribution in [3.8, 4) is 0 Å². The monoisotopic (exact) mass is 354 g/mol. The van der Waals surface area contributed by atoms with Gasteiger partial charge in [0.25, 0.3) is 0 Å². The van der Waals surface area contributed by atoms with Gasteiger partial charge in [-0.25, -0.2) is 0 Å². The average Bonchev–Trinajstić information content (AvgIpc) is 2.69. The molecular formula is C23H30O3. The van der Waals surface area contributed by atoms with Crippen LogP contribution in [-0.4, -0.2) is 24.4 Å². The highest BCUT2D eigenvalue weighted by atomic mass is 16.6. The Kier molecular flexibility index (Phi) is 6.84. The molecule has 1 fully saturated rings. The molecule has 0 N–H and O–H groups in total. The van der Waals surface area contributed by atoms with Crippen molar-refractivity contribution in [1.82, 2.24) is 0 Å².